The van der Waals surface area contributed by atoms with Crippen LogP contribution < -0.4 is 5.32 Å². The van der Waals surface area contributed by atoms with Crippen LogP contribution in [0.15, 0.2) is 0 Å². The molecule has 1 N–H and O–H groups in total. The molecule has 3 aliphatic rings. The predicted molar refractivity (Wildman–Crippen MR) is 77.5 cm³/mol. The van der Waals surface area contributed by atoms with E-state index < -0.39 is 0 Å². The fourth-order valence-electron chi connectivity index (χ4n) is 3.41. The molecule has 2 atom stereocenters. The molecule has 1 saturated carbocycles. The first-order valence-corrected chi connectivity index (χ1v) is 8.16. The van der Waals surface area contributed by atoms with Crippen LogP contribution in [0.4, 0.5) is 0 Å². The molecule has 110 valence electrons. The second kappa shape index (κ2) is 6.53. The quantitative estimate of drug-likeness (QED) is 0.802. The normalized spacial score (nSPS) is 34.6. The minimum atomic E-state index is 0.424. The van der Waals surface area contributed by atoms with Gasteiger partial charge in [0.2, 0.25) is 0 Å². The Morgan fingerprint density at radius 2 is 1.95 bits per heavy atom. The highest BCUT2D eigenvalue weighted by Gasteiger charge is 2.29. The fourth-order valence-corrected chi connectivity index (χ4v) is 3.41. The molecule has 4 nitrogen and oxygen atoms in total. The van der Waals surface area contributed by atoms with E-state index in [0.29, 0.717) is 6.10 Å². The first-order valence-electron chi connectivity index (χ1n) is 8.16. The number of nitrogens with zero attached hydrogens (tertiary/aromatic N) is 2. The van der Waals surface area contributed by atoms with Gasteiger partial charge in [-0.3, -0.25) is 9.80 Å². The number of nitrogens with one attached hydrogen (secondary N) is 1. The zero-order valence-corrected chi connectivity index (χ0v) is 12.3. The SMILES string of the molecule is CCN1CCOC(CN2CCCC(NC3CC3)C2)C1. The number of rotatable bonds is 5. The van der Waals surface area contributed by atoms with E-state index in [1.54, 1.807) is 0 Å². The lowest BCUT2D eigenvalue weighted by atomic mass is 10.0. The third kappa shape index (κ3) is 4.15. The van der Waals surface area contributed by atoms with Gasteiger partial charge in [0, 0.05) is 38.3 Å². The van der Waals surface area contributed by atoms with Gasteiger partial charge in [-0.25, -0.2) is 0 Å². The molecule has 1 aliphatic carbocycles. The molecule has 0 aromatic rings. The van der Waals surface area contributed by atoms with Gasteiger partial charge in [-0.2, -0.15) is 0 Å². The van der Waals surface area contributed by atoms with Crippen molar-refractivity contribution in [1.29, 1.82) is 0 Å². The predicted octanol–water partition coefficient (Wildman–Crippen LogP) is 0.924. The number of morpholine rings is 1. The van der Waals surface area contributed by atoms with E-state index in [1.807, 2.05) is 0 Å². The number of likely N-dealkylation sites (tertiary alicyclic amines) is 1. The molecule has 2 aliphatic heterocycles. The molecule has 2 unspecified atom stereocenters. The summed E-state index contributed by atoms with van der Waals surface area (Å²) in [6.45, 7) is 10.2. The molecule has 0 radical (unpaired) electrons. The molecule has 0 bridgehead atoms. The number of ether oxygens (including phenoxy) is 1. The number of hydrogen-bond donors (Lipinski definition) is 1. The minimum absolute atomic E-state index is 0.424. The van der Waals surface area contributed by atoms with Gasteiger partial charge in [0.15, 0.2) is 0 Å². The maximum Gasteiger partial charge on any atom is 0.0829 e. The fraction of sp³-hybridized carbons (Fsp3) is 1.00. The molecule has 0 aromatic carbocycles. The van der Waals surface area contributed by atoms with Crippen LogP contribution in [0.5, 0.6) is 0 Å². The van der Waals surface area contributed by atoms with E-state index in [0.717, 1.165) is 44.9 Å². The van der Waals surface area contributed by atoms with Crippen LogP contribution in [-0.4, -0.2) is 73.9 Å². The Labute approximate surface area is 117 Å². The van der Waals surface area contributed by atoms with Crippen molar-refractivity contribution in [3.63, 3.8) is 0 Å². The van der Waals surface area contributed by atoms with Gasteiger partial charge in [0.25, 0.3) is 0 Å². The highest BCUT2D eigenvalue weighted by molar-refractivity contribution is 4.88. The molecule has 2 saturated heterocycles. The van der Waals surface area contributed by atoms with Crippen molar-refractivity contribution in [3.05, 3.63) is 0 Å². The van der Waals surface area contributed by atoms with Gasteiger partial charge in [-0.1, -0.05) is 6.92 Å². The maximum atomic E-state index is 5.94. The number of hydrogen-bond acceptors (Lipinski definition) is 4. The minimum Gasteiger partial charge on any atom is -0.374 e. The molecule has 19 heavy (non-hydrogen) atoms. The van der Waals surface area contributed by atoms with Crippen LogP contribution in [0.2, 0.25) is 0 Å². The summed E-state index contributed by atoms with van der Waals surface area (Å²) in [6.07, 6.45) is 5.92. The zero-order valence-electron chi connectivity index (χ0n) is 12.3. The number of piperidine rings is 1. The van der Waals surface area contributed by atoms with Gasteiger partial charge in [0.1, 0.15) is 0 Å². The molecule has 0 aromatic heterocycles. The molecular weight excluding hydrogens is 238 g/mol. The topological polar surface area (TPSA) is 27.7 Å². The van der Waals surface area contributed by atoms with Crippen molar-refractivity contribution >= 4 is 0 Å². The summed E-state index contributed by atoms with van der Waals surface area (Å²) in [4.78, 5) is 5.13. The van der Waals surface area contributed by atoms with Crippen LogP contribution in [0, 0.1) is 0 Å². The summed E-state index contributed by atoms with van der Waals surface area (Å²) in [5, 5.41) is 3.79. The lowest BCUT2D eigenvalue weighted by Gasteiger charge is -2.38. The molecule has 0 spiro atoms. The Hall–Kier alpha value is -0.160. The largest absolute Gasteiger partial charge is 0.374 e. The molecule has 3 fully saturated rings. The van der Waals surface area contributed by atoms with E-state index in [4.69, 9.17) is 4.74 Å². The highest BCUT2D eigenvalue weighted by atomic mass is 16.5. The second-order valence-corrected chi connectivity index (χ2v) is 6.43. The number of likely N-dealkylation sites (N-methyl/N-ethyl adjacent to an activating group) is 1. The zero-order chi connectivity index (χ0) is 13.1. The average molecular weight is 267 g/mol. The van der Waals surface area contributed by atoms with E-state index in [9.17, 15) is 0 Å². The first-order chi connectivity index (χ1) is 9.33. The third-order valence-electron chi connectivity index (χ3n) is 4.69. The van der Waals surface area contributed by atoms with Gasteiger partial charge in [0.05, 0.1) is 12.7 Å². The van der Waals surface area contributed by atoms with Crippen molar-refractivity contribution in [3.8, 4) is 0 Å². The maximum absolute atomic E-state index is 5.94. The van der Waals surface area contributed by atoms with Crippen LogP contribution in [0.1, 0.15) is 32.6 Å². The second-order valence-electron chi connectivity index (χ2n) is 6.43. The summed E-state index contributed by atoms with van der Waals surface area (Å²) in [6, 6.07) is 1.57. The van der Waals surface area contributed by atoms with Crippen LogP contribution >= 0.6 is 0 Å². The van der Waals surface area contributed by atoms with Crippen molar-refractivity contribution in [2.24, 2.45) is 0 Å². The molecule has 3 rings (SSSR count). The van der Waals surface area contributed by atoms with Crippen LogP contribution in [0.25, 0.3) is 0 Å². The van der Waals surface area contributed by atoms with Crippen LogP contribution in [0.3, 0.4) is 0 Å². The van der Waals surface area contributed by atoms with E-state index in [-0.39, 0.29) is 0 Å². The van der Waals surface area contributed by atoms with E-state index >= 15 is 0 Å². The van der Waals surface area contributed by atoms with Crippen molar-refractivity contribution in [2.75, 3.05) is 45.9 Å². The van der Waals surface area contributed by atoms with Crippen LogP contribution in [-0.2, 0) is 4.74 Å². The Morgan fingerprint density at radius 3 is 2.74 bits per heavy atom. The van der Waals surface area contributed by atoms with Crippen molar-refractivity contribution in [2.45, 2.75) is 50.8 Å². The van der Waals surface area contributed by atoms with Gasteiger partial charge >= 0.3 is 0 Å². The Morgan fingerprint density at radius 1 is 1.05 bits per heavy atom. The smallest absolute Gasteiger partial charge is 0.0829 e. The lowest BCUT2D eigenvalue weighted by Crippen LogP contribution is -2.52. The Balaban J connectivity index is 1.43. The average Bonchev–Trinajstić information content (AvgIpc) is 3.23. The molecule has 4 heteroatoms. The third-order valence-corrected chi connectivity index (χ3v) is 4.69. The van der Waals surface area contributed by atoms with Crippen molar-refractivity contribution in [1.82, 2.24) is 15.1 Å². The first kappa shape index (κ1) is 13.8. The molecular formula is C15H29N3O. The summed E-state index contributed by atoms with van der Waals surface area (Å²) in [7, 11) is 0. The van der Waals surface area contributed by atoms with Gasteiger partial charge < -0.3 is 10.1 Å². The van der Waals surface area contributed by atoms with Gasteiger partial charge in [-0.15, -0.1) is 0 Å². The molecule has 0 amide bonds. The Kier molecular flexibility index (Phi) is 4.74. The van der Waals surface area contributed by atoms with E-state index in [2.05, 4.69) is 22.0 Å². The van der Waals surface area contributed by atoms with E-state index in [1.165, 1.54) is 38.8 Å². The van der Waals surface area contributed by atoms with Gasteiger partial charge in [-0.05, 0) is 38.8 Å². The molecule has 2 heterocycles. The summed E-state index contributed by atoms with van der Waals surface area (Å²) < 4.78 is 5.94. The summed E-state index contributed by atoms with van der Waals surface area (Å²) >= 11 is 0. The van der Waals surface area contributed by atoms with Crippen molar-refractivity contribution < 1.29 is 4.74 Å². The Bertz CT molecular complexity index is 283. The standard InChI is InChI=1S/C15H29N3O/c1-2-17-8-9-19-15(11-17)12-18-7-3-4-14(10-18)16-13-5-6-13/h13-16H,2-12H2,1H3. The lowest BCUT2D eigenvalue weighted by molar-refractivity contribution is -0.0450. The summed E-state index contributed by atoms with van der Waals surface area (Å²) in [5.74, 6) is 0. The monoisotopic (exact) mass is 267 g/mol. The summed E-state index contributed by atoms with van der Waals surface area (Å²) in [5.41, 5.74) is 0. The highest BCUT2D eigenvalue weighted by Crippen LogP contribution is 2.22.